The van der Waals surface area contributed by atoms with Crippen molar-refractivity contribution >= 4 is 11.8 Å². The molecule has 0 bridgehead atoms. The first-order chi connectivity index (χ1) is 8.97. The molecule has 2 atom stereocenters. The summed E-state index contributed by atoms with van der Waals surface area (Å²) in [4.78, 5) is 23.2. The average molecular weight is 260 g/mol. The van der Waals surface area contributed by atoms with Crippen molar-refractivity contribution in [3.8, 4) is 0 Å². The number of benzene rings is 1. The second-order valence-corrected chi connectivity index (χ2v) is 5.30. The van der Waals surface area contributed by atoms with Crippen LogP contribution in [0.1, 0.15) is 36.1 Å². The molecule has 4 nitrogen and oxygen atoms in total. The zero-order chi connectivity index (χ0) is 14.0. The van der Waals surface area contributed by atoms with Crippen LogP contribution in [-0.4, -0.2) is 18.4 Å². The SMILES string of the molecule is Cc1ccc(C)c(C(C)NC(=O)C2CNC(=O)C2)c1. The first-order valence-corrected chi connectivity index (χ1v) is 6.61. The summed E-state index contributed by atoms with van der Waals surface area (Å²) in [5, 5.41) is 5.68. The van der Waals surface area contributed by atoms with Crippen molar-refractivity contribution in [3.05, 3.63) is 34.9 Å². The van der Waals surface area contributed by atoms with Crippen LogP contribution >= 0.6 is 0 Å². The molecule has 2 unspecified atom stereocenters. The van der Waals surface area contributed by atoms with E-state index in [4.69, 9.17) is 0 Å². The maximum Gasteiger partial charge on any atom is 0.225 e. The van der Waals surface area contributed by atoms with E-state index >= 15 is 0 Å². The van der Waals surface area contributed by atoms with Gasteiger partial charge < -0.3 is 10.6 Å². The summed E-state index contributed by atoms with van der Waals surface area (Å²) in [6, 6.07) is 6.18. The molecule has 0 aliphatic carbocycles. The van der Waals surface area contributed by atoms with Crippen LogP contribution in [0.4, 0.5) is 0 Å². The zero-order valence-corrected chi connectivity index (χ0v) is 11.6. The van der Waals surface area contributed by atoms with Crippen molar-refractivity contribution < 1.29 is 9.59 Å². The predicted octanol–water partition coefficient (Wildman–Crippen LogP) is 1.62. The molecule has 1 aliphatic heterocycles. The summed E-state index contributed by atoms with van der Waals surface area (Å²) >= 11 is 0. The molecule has 1 aromatic carbocycles. The molecular weight excluding hydrogens is 240 g/mol. The van der Waals surface area contributed by atoms with Crippen LogP contribution in [0.5, 0.6) is 0 Å². The molecule has 1 aromatic rings. The Morgan fingerprint density at radius 1 is 1.42 bits per heavy atom. The third-order valence-electron chi connectivity index (χ3n) is 3.61. The largest absolute Gasteiger partial charge is 0.355 e. The third kappa shape index (κ3) is 3.13. The van der Waals surface area contributed by atoms with E-state index in [1.165, 1.54) is 11.1 Å². The highest BCUT2D eigenvalue weighted by atomic mass is 16.2. The molecule has 0 radical (unpaired) electrons. The molecule has 1 saturated heterocycles. The smallest absolute Gasteiger partial charge is 0.225 e. The summed E-state index contributed by atoms with van der Waals surface area (Å²) in [5.74, 6) is -0.327. The third-order valence-corrected chi connectivity index (χ3v) is 3.61. The van der Waals surface area contributed by atoms with E-state index in [-0.39, 0.29) is 23.8 Å². The van der Waals surface area contributed by atoms with Gasteiger partial charge in [0.1, 0.15) is 0 Å². The highest BCUT2D eigenvalue weighted by molar-refractivity contribution is 5.89. The van der Waals surface area contributed by atoms with Crippen LogP contribution in [-0.2, 0) is 9.59 Å². The van der Waals surface area contributed by atoms with Gasteiger partial charge in [0.05, 0.1) is 12.0 Å². The van der Waals surface area contributed by atoms with Gasteiger partial charge in [0.25, 0.3) is 0 Å². The second-order valence-electron chi connectivity index (χ2n) is 5.30. The van der Waals surface area contributed by atoms with Crippen molar-refractivity contribution in [2.24, 2.45) is 5.92 Å². The van der Waals surface area contributed by atoms with Crippen molar-refractivity contribution in [2.75, 3.05) is 6.54 Å². The second kappa shape index (κ2) is 5.43. The standard InChI is InChI=1S/C15H20N2O2/c1-9-4-5-10(2)13(6-9)11(3)17-15(19)12-7-14(18)16-8-12/h4-6,11-12H,7-8H2,1-3H3,(H,16,18)(H,17,19). The Bertz CT molecular complexity index is 511. The molecule has 0 saturated carbocycles. The summed E-state index contributed by atoms with van der Waals surface area (Å²) in [5.41, 5.74) is 3.48. The van der Waals surface area contributed by atoms with Crippen molar-refractivity contribution in [1.29, 1.82) is 0 Å². The minimum atomic E-state index is -0.236. The van der Waals surface area contributed by atoms with Gasteiger partial charge in [-0.05, 0) is 31.9 Å². The van der Waals surface area contributed by atoms with Gasteiger partial charge in [0, 0.05) is 13.0 Å². The Morgan fingerprint density at radius 3 is 2.79 bits per heavy atom. The first-order valence-electron chi connectivity index (χ1n) is 6.61. The Kier molecular flexibility index (Phi) is 3.88. The van der Waals surface area contributed by atoms with Gasteiger partial charge >= 0.3 is 0 Å². The number of amides is 2. The fourth-order valence-electron chi connectivity index (χ4n) is 2.43. The lowest BCUT2D eigenvalue weighted by Crippen LogP contribution is -2.34. The molecule has 1 heterocycles. The van der Waals surface area contributed by atoms with Gasteiger partial charge in [-0.15, -0.1) is 0 Å². The minimum absolute atomic E-state index is 0.0388. The van der Waals surface area contributed by atoms with E-state index in [0.29, 0.717) is 13.0 Å². The van der Waals surface area contributed by atoms with Gasteiger partial charge in [-0.3, -0.25) is 9.59 Å². The van der Waals surface area contributed by atoms with Gasteiger partial charge in [-0.2, -0.15) is 0 Å². The molecule has 4 heteroatoms. The van der Waals surface area contributed by atoms with Crippen LogP contribution in [0.3, 0.4) is 0 Å². The van der Waals surface area contributed by atoms with E-state index in [9.17, 15) is 9.59 Å². The lowest BCUT2D eigenvalue weighted by Gasteiger charge is -2.19. The van der Waals surface area contributed by atoms with Crippen LogP contribution in [0, 0.1) is 19.8 Å². The van der Waals surface area contributed by atoms with Gasteiger partial charge in [-0.25, -0.2) is 0 Å². The minimum Gasteiger partial charge on any atom is -0.355 e. The molecule has 2 rings (SSSR count). The van der Waals surface area contributed by atoms with E-state index in [0.717, 1.165) is 5.56 Å². The fraction of sp³-hybridized carbons (Fsp3) is 0.467. The summed E-state index contributed by atoms with van der Waals surface area (Å²) in [6.07, 6.45) is 0.297. The Labute approximate surface area is 113 Å². The molecule has 2 N–H and O–H groups in total. The highest BCUT2D eigenvalue weighted by Crippen LogP contribution is 2.20. The zero-order valence-electron chi connectivity index (χ0n) is 11.6. The maximum absolute atomic E-state index is 12.1. The summed E-state index contributed by atoms with van der Waals surface area (Å²) in [6.45, 7) is 6.50. The molecule has 0 aromatic heterocycles. The highest BCUT2D eigenvalue weighted by Gasteiger charge is 2.28. The van der Waals surface area contributed by atoms with Gasteiger partial charge in [-0.1, -0.05) is 23.8 Å². The number of rotatable bonds is 3. The van der Waals surface area contributed by atoms with Crippen molar-refractivity contribution in [1.82, 2.24) is 10.6 Å². The molecular formula is C15H20N2O2. The average Bonchev–Trinajstić information content (AvgIpc) is 2.79. The number of nitrogens with one attached hydrogen (secondary N) is 2. The summed E-state index contributed by atoms with van der Waals surface area (Å²) in [7, 11) is 0. The summed E-state index contributed by atoms with van der Waals surface area (Å²) < 4.78 is 0. The monoisotopic (exact) mass is 260 g/mol. The van der Waals surface area contributed by atoms with E-state index in [2.05, 4.69) is 28.8 Å². The Balaban J connectivity index is 2.04. The molecule has 0 spiro atoms. The topological polar surface area (TPSA) is 58.2 Å². The Morgan fingerprint density at radius 2 is 2.16 bits per heavy atom. The normalized spacial score (nSPS) is 19.9. The number of carbonyl (C=O) groups is 2. The van der Waals surface area contributed by atoms with Gasteiger partial charge in [0.2, 0.25) is 11.8 Å². The fourth-order valence-corrected chi connectivity index (χ4v) is 2.43. The first kappa shape index (κ1) is 13.6. The van der Waals surface area contributed by atoms with Gasteiger partial charge in [0.15, 0.2) is 0 Å². The van der Waals surface area contributed by atoms with E-state index in [1.54, 1.807) is 0 Å². The van der Waals surface area contributed by atoms with Crippen LogP contribution in [0.15, 0.2) is 18.2 Å². The Hall–Kier alpha value is -1.84. The molecule has 1 aliphatic rings. The lowest BCUT2D eigenvalue weighted by molar-refractivity contribution is -0.127. The molecule has 102 valence electrons. The predicted molar refractivity (Wildman–Crippen MR) is 73.6 cm³/mol. The number of carbonyl (C=O) groups excluding carboxylic acids is 2. The number of aryl methyl sites for hydroxylation is 2. The van der Waals surface area contributed by atoms with Crippen LogP contribution in [0.2, 0.25) is 0 Å². The lowest BCUT2D eigenvalue weighted by atomic mass is 9.99. The maximum atomic E-state index is 12.1. The van der Waals surface area contributed by atoms with Crippen LogP contribution < -0.4 is 10.6 Å². The molecule has 2 amide bonds. The van der Waals surface area contributed by atoms with Crippen LogP contribution in [0.25, 0.3) is 0 Å². The van der Waals surface area contributed by atoms with E-state index in [1.807, 2.05) is 20.8 Å². The van der Waals surface area contributed by atoms with Crippen molar-refractivity contribution in [2.45, 2.75) is 33.2 Å². The molecule has 1 fully saturated rings. The number of hydrogen-bond donors (Lipinski definition) is 2. The molecule has 19 heavy (non-hydrogen) atoms. The van der Waals surface area contributed by atoms with Crippen molar-refractivity contribution in [3.63, 3.8) is 0 Å². The quantitative estimate of drug-likeness (QED) is 0.867. The van der Waals surface area contributed by atoms with E-state index < -0.39 is 0 Å². The number of hydrogen-bond acceptors (Lipinski definition) is 2.